The van der Waals surface area contributed by atoms with Crippen LogP contribution in [-0.4, -0.2) is 33.4 Å². The third-order valence-corrected chi connectivity index (χ3v) is 2.54. The number of amides is 1. The number of hydrogen-bond acceptors (Lipinski definition) is 4. The van der Waals surface area contributed by atoms with Gasteiger partial charge >= 0.3 is 0 Å². The molecule has 1 aromatic heterocycles. The van der Waals surface area contributed by atoms with Crippen LogP contribution in [0.1, 0.15) is 37.2 Å². The largest absolute Gasteiger partial charge is 0.345 e. The third-order valence-electron chi connectivity index (χ3n) is 2.54. The number of aromatic amines is 1. The molecule has 1 amide bonds. The van der Waals surface area contributed by atoms with E-state index >= 15 is 0 Å². The summed E-state index contributed by atoms with van der Waals surface area (Å²) in [4.78, 5) is 11.7. The molecule has 0 saturated heterocycles. The topological polar surface area (TPSA) is 96.7 Å². The van der Waals surface area contributed by atoms with Gasteiger partial charge in [-0.25, -0.2) is 0 Å². The first kappa shape index (κ1) is 11.6. The van der Waals surface area contributed by atoms with E-state index in [9.17, 15) is 4.79 Å². The van der Waals surface area contributed by atoms with Crippen molar-refractivity contribution in [2.75, 3.05) is 6.54 Å². The predicted molar refractivity (Wildman–Crippen MR) is 56.2 cm³/mol. The van der Waals surface area contributed by atoms with Gasteiger partial charge in [0.25, 0.3) is 5.91 Å². The molecule has 0 aliphatic carbocycles. The molecule has 15 heavy (non-hydrogen) atoms. The van der Waals surface area contributed by atoms with Crippen LogP contribution in [0.3, 0.4) is 0 Å². The number of carbonyl (C=O) groups is 1. The van der Waals surface area contributed by atoms with Crippen LogP contribution in [-0.2, 0) is 0 Å². The van der Waals surface area contributed by atoms with E-state index in [1.807, 2.05) is 13.8 Å². The minimum atomic E-state index is -0.273. The van der Waals surface area contributed by atoms with Gasteiger partial charge in [-0.15, -0.1) is 0 Å². The highest BCUT2D eigenvalue weighted by Gasteiger charge is 2.24. The van der Waals surface area contributed by atoms with Crippen LogP contribution in [0.25, 0.3) is 0 Å². The van der Waals surface area contributed by atoms with Crippen molar-refractivity contribution in [3.05, 3.63) is 11.9 Å². The van der Waals surface area contributed by atoms with Crippen LogP contribution in [0, 0.1) is 0 Å². The van der Waals surface area contributed by atoms with Gasteiger partial charge in [0.1, 0.15) is 0 Å². The van der Waals surface area contributed by atoms with Crippen molar-refractivity contribution in [3.63, 3.8) is 0 Å². The van der Waals surface area contributed by atoms with Crippen LogP contribution in [0.15, 0.2) is 6.20 Å². The zero-order chi connectivity index (χ0) is 11.3. The maximum atomic E-state index is 11.7. The highest BCUT2D eigenvalue weighted by atomic mass is 16.2. The average Bonchev–Trinajstić information content (AvgIpc) is 2.71. The number of carbonyl (C=O) groups excluding carboxylic acids is 1. The zero-order valence-electron chi connectivity index (χ0n) is 9.08. The Morgan fingerprint density at radius 3 is 2.93 bits per heavy atom. The van der Waals surface area contributed by atoms with Crippen molar-refractivity contribution in [1.82, 2.24) is 20.7 Å². The van der Waals surface area contributed by atoms with Gasteiger partial charge in [-0.3, -0.25) is 4.79 Å². The van der Waals surface area contributed by atoms with Crippen molar-refractivity contribution in [1.29, 1.82) is 0 Å². The number of aromatic nitrogens is 3. The number of H-pyrrole nitrogens is 1. The minimum Gasteiger partial charge on any atom is -0.345 e. The molecular formula is C9H17N5O. The van der Waals surface area contributed by atoms with Crippen LogP contribution >= 0.6 is 0 Å². The number of hydrogen-bond donors (Lipinski definition) is 3. The quantitative estimate of drug-likeness (QED) is 0.641. The summed E-state index contributed by atoms with van der Waals surface area (Å²) in [6, 6.07) is 0. The first-order valence-corrected chi connectivity index (χ1v) is 4.99. The lowest BCUT2D eigenvalue weighted by Gasteiger charge is -2.28. The molecule has 6 heteroatoms. The van der Waals surface area contributed by atoms with Crippen LogP contribution in [0.4, 0.5) is 0 Å². The SMILES string of the molecule is CCC(C)(CCN)NC(=O)c1cn[nH]n1. The van der Waals surface area contributed by atoms with E-state index in [1.165, 1.54) is 6.20 Å². The average molecular weight is 211 g/mol. The fraction of sp³-hybridized carbons (Fsp3) is 0.667. The van der Waals surface area contributed by atoms with Crippen molar-refractivity contribution in [2.45, 2.75) is 32.2 Å². The Balaban J connectivity index is 2.63. The van der Waals surface area contributed by atoms with Gasteiger partial charge in [-0.05, 0) is 26.3 Å². The highest BCUT2D eigenvalue weighted by Crippen LogP contribution is 2.13. The van der Waals surface area contributed by atoms with Crippen molar-refractivity contribution < 1.29 is 4.79 Å². The molecule has 1 atom stereocenters. The normalized spacial score (nSPS) is 14.6. The van der Waals surface area contributed by atoms with Crippen molar-refractivity contribution >= 4 is 5.91 Å². The second-order valence-corrected chi connectivity index (χ2v) is 3.76. The lowest BCUT2D eigenvalue weighted by atomic mass is 9.94. The van der Waals surface area contributed by atoms with E-state index in [-0.39, 0.29) is 11.4 Å². The maximum Gasteiger partial charge on any atom is 0.273 e. The Labute approximate surface area is 88.6 Å². The molecule has 6 nitrogen and oxygen atoms in total. The van der Waals surface area contributed by atoms with E-state index < -0.39 is 0 Å². The molecule has 0 aliphatic heterocycles. The molecule has 4 N–H and O–H groups in total. The Hall–Kier alpha value is -1.43. The van der Waals surface area contributed by atoms with Gasteiger partial charge < -0.3 is 11.1 Å². The molecule has 0 saturated carbocycles. The smallest absolute Gasteiger partial charge is 0.273 e. The van der Waals surface area contributed by atoms with Crippen LogP contribution in [0.2, 0.25) is 0 Å². The zero-order valence-corrected chi connectivity index (χ0v) is 9.08. The third kappa shape index (κ3) is 3.02. The van der Waals surface area contributed by atoms with Gasteiger partial charge in [0.15, 0.2) is 5.69 Å². The summed E-state index contributed by atoms with van der Waals surface area (Å²) < 4.78 is 0. The van der Waals surface area contributed by atoms with Gasteiger partial charge in [0, 0.05) is 5.54 Å². The Morgan fingerprint density at radius 2 is 2.47 bits per heavy atom. The molecule has 1 unspecified atom stereocenters. The molecule has 0 aliphatic rings. The number of nitrogens with zero attached hydrogens (tertiary/aromatic N) is 2. The van der Waals surface area contributed by atoms with Gasteiger partial charge in [-0.1, -0.05) is 6.92 Å². The first-order chi connectivity index (χ1) is 7.11. The van der Waals surface area contributed by atoms with Crippen molar-refractivity contribution in [3.8, 4) is 0 Å². The summed E-state index contributed by atoms with van der Waals surface area (Å²) in [5.74, 6) is -0.221. The number of nitrogens with two attached hydrogens (primary N) is 1. The summed E-state index contributed by atoms with van der Waals surface area (Å²) in [7, 11) is 0. The molecule has 0 spiro atoms. The monoisotopic (exact) mass is 211 g/mol. The molecule has 1 aromatic rings. The van der Waals surface area contributed by atoms with Gasteiger partial charge in [0.2, 0.25) is 0 Å². The maximum absolute atomic E-state index is 11.7. The standard InChI is InChI=1S/C9H17N5O/c1-3-9(2,4-5-10)12-8(15)7-6-11-14-13-7/h6H,3-5,10H2,1-2H3,(H,12,15)(H,11,13,14). The molecule has 0 aromatic carbocycles. The van der Waals surface area contributed by atoms with E-state index in [4.69, 9.17) is 5.73 Å². The molecule has 0 bridgehead atoms. The highest BCUT2D eigenvalue weighted by molar-refractivity contribution is 5.92. The Bertz CT molecular complexity index is 310. The second-order valence-electron chi connectivity index (χ2n) is 3.76. The fourth-order valence-corrected chi connectivity index (χ4v) is 1.30. The Morgan fingerprint density at radius 1 is 1.73 bits per heavy atom. The van der Waals surface area contributed by atoms with Gasteiger partial charge in [0.05, 0.1) is 6.20 Å². The summed E-state index contributed by atoms with van der Waals surface area (Å²) in [5.41, 5.74) is 5.52. The number of nitrogens with one attached hydrogen (secondary N) is 2. The molecule has 1 rings (SSSR count). The molecular weight excluding hydrogens is 194 g/mol. The number of rotatable bonds is 5. The summed E-state index contributed by atoms with van der Waals surface area (Å²) in [6.45, 7) is 4.53. The van der Waals surface area contributed by atoms with E-state index in [0.717, 1.165) is 12.8 Å². The molecule has 0 fully saturated rings. The lowest BCUT2D eigenvalue weighted by Crippen LogP contribution is -2.46. The summed E-state index contributed by atoms with van der Waals surface area (Å²) >= 11 is 0. The van der Waals surface area contributed by atoms with E-state index in [2.05, 4.69) is 20.7 Å². The Kier molecular flexibility index (Phi) is 3.79. The van der Waals surface area contributed by atoms with Crippen molar-refractivity contribution in [2.24, 2.45) is 5.73 Å². The second kappa shape index (κ2) is 4.88. The lowest BCUT2D eigenvalue weighted by molar-refractivity contribution is 0.0894. The predicted octanol–water partition coefficient (Wildman–Crippen LogP) is 0.0520. The molecule has 84 valence electrons. The minimum absolute atomic E-state index is 0.221. The fourth-order valence-electron chi connectivity index (χ4n) is 1.30. The molecule has 1 heterocycles. The summed E-state index contributed by atoms with van der Waals surface area (Å²) in [5, 5.41) is 12.6. The van der Waals surface area contributed by atoms with Gasteiger partial charge in [-0.2, -0.15) is 15.4 Å². The van der Waals surface area contributed by atoms with E-state index in [1.54, 1.807) is 0 Å². The van der Waals surface area contributed by atoms with Crippen LogP contribution < -0.4 is 11.1 Å². The first-order valence-electron chi connectivity index (χ1n) is 4.99. The van der Waals surface area contributed by atoms with E-state index in [0.29, 0.717) is 12.2 Å². The summed E-state index contributed by atoms with van der Waals surface area (Å²) in [6.07, 6.45) is 2.97. The molecule has 0 radical (unpaired) electrons. The van der Waals surface area contributed by atoms with Crippen LogP contribution in [0.5, 0.6) is 0 Å².